The third kappa shape index (κ3) is 0.459. The average Bonchev–Trinajstić information content (AvgIpc) is 1.95. The molecule has 0 aromatic rings. The van der Waals surface area contributed by atoms with Crippen LogP contribution in [0.2, 0.25) is 0 Å². The van der Waals surface area contributed by atoms with Crippen LogP contribution < -0.4 is 0 Å². The monoisotopic (exact) mass is 152 g/mol. The Hall–Kier alpha value is -0.250. The lowest BCUT2D eigenvalue weighted by Crippen LogP contribution is -2.33. The number of alkyl halides is 3. The molecule has 10 heavy (non-hydrogen) atoms. The minimum atomic E-state index is -4.39. The summed E-state index contributed by atoms with van der Waals surface area (Å²) < 4.78 is 35.7. The van der Waals surface area contributed by atoms with E-state index in [0.717, 1.165) is 0 Å². The highest BCUT2D eigenvalue weighted by molar-refractivity contribution is 5.21. The molecule has 2 aliphatic rings. The highest BCUT2D eigenvalue weighted by Crippen LogP contribution is 2.69. The van der Waals surface area contributed by atoms with Gasteiger partial charge in [-0.25, -0.2) is 0 Å². The van der Waals surface area contributed by atoms with Gasteiger partial charge in [0.1, 0.15) is 0 Å². The lowest BCUT2D eigenvalue weighted by molar-refractivity contribution is -0.224. The Morgan fingerprint density at radius 2 is 1.60 bits per heavy atom. The lowest BCUT2D eigenvalue weighted by atomic mass is 10.0. The minimum Gasteiger partial charge on any atom is -0.380 e. The summed E-state index contributed by atoms with van der Waals surface area (Å²) in [5.41, 5.74) is -2.28. The van der Waals surface area contributed by atoms with E-state index in [1.165, 1.54) is 0 Å². The van der Waals surface area contributed by atoms with Gasteiger partial charge in [-0.1, -0.05) is 0 Å². The topological polar surface area (TPSA) is 20.2 Å². The third-order valence-electron chi connectivity index (χ3n) is 2.75. The zero-order valence-corrected chi connectivity index (χ0v) is 5.15. The van der Waals surface area contributed by atoms with Crippen LogP contribution in [0.25, 0.3) is 0 Å². The molecule has 0 aromatic carbocycles. The maximum Gasteiger partial charge on any atom is 0.417 e. The van der Waals surface area contributed by atoms with Gasteiger partial charge in [-0.3, -0.25) is 0 Å². The molecule has 2 rings (SSSR count). The standard InChI is InChI=1S/C6H7F3O/c7-6(8,9)5(10)3-1-2-4(3)5/h3-4,10H,1-2H2. The predicted molar refractivity (Wildman–Crippen MR) is 27.2 cm³/mol. The van der Waals surface area contributed by atoms with Crippen LogP contribution >= 0.6 is 0 Å². The number of hydrogen-bond donors (Lipinski definition) is 1. The number of aliphatic hydroxyl groups is 1. The van der Waals surface area contributed by atoms with E-state index in [9.17, 15) is 13.2 Å². The molecule has 2 unspecified atom stereocenters. The van der Waals surface area contributed by atoms with Gasteiger partial charge < -0.3 is 5.11 Å². The summed E-state index contributed by atoms with van der Waals surface area (Å²) in [7, 11) is 0. The summed E-state index contributed by atoms with van der Waals surface area (Å²) in [4.78, 5) is 0. The summed E-state index contributed by atoms with van der Waals surface area (Å²) in [5.74, 6) is -0.931. The van der Waals surface area contributed by atoms with Gasteiger partial charge in [0, 0.05) is 11.8 Å². The van der Waals surface area contributed by atoms with Crippen LogP contribution in [0.3, 0.4) is 0 Å². The SMILES string of the molecule is OC1(C(F)(F)F)C2CCC21. The van der Waals surface area contributed by atoms with E-state index in [1.807, 2.05) is 0 Å². The first-order chi connectivity index (χ1) is 4.48. The van der Waals surface area contributed by atoms with Crippen LogP contribution in [0, 0.1) is 11.8 Å². The minimum absolute atomic E-state index is 0.465. The average molecular weight is 152 g/mol. The number of halogens is 3. The number of fused-ring (bicyclic) bond motifs is 1. The van der Waals surface area contributed by atoms with Gasteiger partial charge >= 0.3 is 6.18 Å². The molecule has 0 aliphatic heterocycles. The fourth-order valence-corrected chi connectivity index (χ4v) is 1.88. The zero-order valence-electron chi connectivity index (χ0n) is 5.15. The highest BCUT2D eigenvalue weighted by Gasteiger charge is 2.80. The number of rotatable bonds is 0. The van der Waals surface area contributed by atoms with Crippen molar-refractivity contribution in [3.05, 3.63) is 0 Å². The molecule has 2 aliphatic carbocycles. The van der Waals surface area contributed by atoms with E-state index in [-0.39, 0.29) is 0 Å². The summed E-state index contributed by atoms with van der Waals surface area (Å²) in [6.45, 7) is 0. The lowest BCUT2D eigenvalue weighted by Gasteiger charge is -2.12. The maximum absolute atomic E-state index is 11.9. The third-order valence-corrected chi connectivity index (χ3v) is 2.75. The predicted octanol–water partition coefficient (Wildman–Crippen LogP) is 1.32. The van der Waals surface area contributed by atoms with Crippen molar-refractivity contribution in [2.24, 2.45) is 11.8 Å². The van der Waals surface area contributed by atoms with Crippen molar-refractivity contribution >= 4 is 0 Å². The van der Waals surface area contributed by atoms with Crippen LogP contribution in [0.15, 0.2) is 0 Å². The van der Waals surface area contributed by atoms with Crippen LogP contribution in [0.4, 0.5) is 13.2 Å². The largest absolute Gasteiger partial charge is 0.417 e. The van der Waals surface area contributed by atoms with Crippen LogP contribution in [-0.4, -0.2) is 16.9 Å². The molecule has 0 saturated heterocycles. The molecule has 1 nitrogen and oxygen atoms in total. The molecule has 1 N–H and O–H groups in total. The Morgan fingerprint density at radius 1 is 1.20 bits per heavy atom. The van der Waals surface area contributed by atoms with Gasteiger partial charge in [0.05, 0.1) is 0 Å². The Bertz CT molecular complexity index is 164. The fraction of sp³-hybridized carbons (Fsp3) is 1.00. The van der Waals surface area contributed by atoms with Gasteiger partial charge in [0.2, 0.25) is 0 Å². The summed E-state index contributed by atoms with van der Waals surface area (Å²) in [6, 6.07) is 0. The quantitative estimate of drug-likeness (QED) is 0.555. The van der Waals surface area contributed by atoms with Crippen molar-refractivity contribution in [1.82, 2.24) is 0 Å². The zero-order chi connectivity index (χ0) is 7.57. The normalized spacial score (nSPS) is 51.6. The van der Waals surface area contributed by atoms with E-state index in [4.69, 9.17) is 5.11 Å². The Kier molecular flexibility index (Phi) is 0.870. The Morgan fingerprint density at radius 3 is 1.70 bits per heavy atom. The molecule has 0 spiro atoms. The molecule has 2 fully saturated rings. The van der Waals surface area contributed by atoms with Crippen molar-refractivity contribution in [2.45, 2.75) is 24.6 Å². The fourth-order valence-electron chi connectivity index (χ4n) is 1.88. The molecule has 0 radical (unpaired) electrons. The maximum atomic E-state index is 11.9. The number of hydrogen-bond acceptors (Lipinski definition) is 1. The van der Waals surface area contributed by atoms with Gasteiger partial charge in [-0.15, -0.1) is 0 Å². The highest BCUT2D eigenvalue weighted by atomic mass is 19.4. The van der Waals surface area contributed by atoms with E-state index >= 15 is 0 Å². The van der Waals surface area contributed by atoms with Crippen molar-refractivity contribution in [3.63, 3.8) is 0 Å². The first-order valence-electron chi connectivity index (χ1n) is 3.27. The van der Waals surface area contributed by atoms with Crippen molar-refractivity contribution in [3.8, 4) is 0 Å². The van der Waals surface area contributed by atoms with Gasteiger partial charge in [-0.2, -0.15) is 13.2 Å². The van der Waals surface area contributed by atoms with Crippen LogP contribution in [0.1, 0.15) is 12.8 Å². The smallest absolute Gasteiger partial charge is 0.380 e. The van der Waals surface area contributed by atoms with Gasteiger partial charge in [0.25, 0.3) is 0 Å². The van der Waals surface area contributed by atoms with E-state index in [0.29, 0.717) is 12.8 Å². The first-order valence-corrected chi connectivity index (χ1v) is 3.27. The molecule has 2 atom stereocenters. The van der Waals surface area contributed by atoms with Crippen LogP contribution in [0.5, 0.6) is 0 Å². The van der Waals surface area contributed by atoms with Crippen molar-refractivity contribution in [1.29, 1.82) is 0 Å². The Labute approximate surface area is 55.8 Å². The molecule has 0 amide bonds. The molecular weight excluding hydrogens is 145 g/mol. The first kappa shape index (κ1) is 6.46. The van der Waals surface area contributed by atoms with Gasteiger partial charge in [-0.05, 0) is 12.8 Å². The Balaban J connectivity index is 2.19. The van der Waals surface area contributed by atoms with E-state index in [1.54, 1.807) is 0 Å². The molecule has 0 aromatic heterocycles. The summed E-state index contributed by atoms with van der Waals surface area (Å²) in [5, 5.41) is 8.94. The van der Waals surface area contributed by atoms with Crippen LogP contribution in [-0.2, 0) is 0 Å². The van der Waals surface area contributed by atoms with E-state index in [2.05, 4.69) is 0 Å². The molecule has 4 heteroatoms. The van der Waals surface area contributed by atoms with E-state index < -0.39 is 23.6 Å². The molecule has 0 bridgehead atoms. The summed E-state index contributed by atoms with van der Waals surface area (Å²) >= 11 is 0. The molecule has 2 saturated carbocycles. The second-order valence-electron chi connectivity index (χ2n) is 3.11. The van der Waals surface area contributed by atoms with Crippen molar-refractivity contribution < 1.29 is 18.3 Å². The van der Waals surface area contributed by atoms with Crippen molar-refractivity contribution in [2.75, 3.05) is 0 Å². The molecule has 58 valence electrons. The molecular formula is C6H7F3O. The summed E-state index contributed by atoms with van der Waals surface area (Å²) in [6.07, 6.45) is -3.31. The second kappa shape index (κ2) is 1.35. The van der Waals surface area contributed by atoms with Gasteiger partial charge in [0.15, 0.2) is 5.60 Å². The second-order valence-corrected chi connectivity index (χ2v) is 3.11. The molecule has 0 heterocycles.